The number of hydrogen-bond acceptors (Lipinski definition) is 22. The number of hydrogen-bond donors (Lipinski definition) is 15. The van der Waals surface area contributed by atoms with Gasteiger partial charge in [0, 0.05) is 181 Å². The summed E-state index contributed by atoms with van der Waals surface area (Å²) < 4.78 is 14.4. The number of oxazole rings is 1. The highest BCUT2D eigenvalue weighted by molar-refractivity contribution is 6.14. The third kappa shape index (κ3) is 26.3. The fourth-order valence-electron chi connectivity index (χ4n) is 18.2. The number of aromatic nitrogens is 7. The van der Waals surface area contributed by atoms with Crippen molar-refractivity contribution in [1.29, 1.82) is 0 Å². The summed E-state index contributed by atoms with van der Waals surface area (Å²) in [5, 5.41) is 56.7. The molecular formula is C116H118N22O11. The predicted molar refractivity (Wildman–Crippen MR) is 592 cm³/mol. The number of nitrogens with zero attached hydrogens (tertiary/aromatic N) is 7. The highest BCUT2D eigenvalue weighted by Crippen LogP contribution is 2.46. The fraction of sp³-hybridized carbons (Fsp3) is 0.224. The molecule has 33 heteroatoms. The zero-order valence-electron chi connectivity index (χ0n) is 84.2. The van der Waals surface area contributed by atoms with Gasteiger partial charge in [-0.1, -0.05) is 133 Å². The Kier molecular flexibility index (Phi) is 32.3. The van der Waals surface area contributed by atoms with Crippen LogP contribution in [-0.2, 0) is 40.6 Å². The molecule has 1 fully saturated rings. The molecule has 9 amide bonds. The minimum atomic E-state index is -0.266. The van der Waals surface area contributed by atoms with Gasteiger partial charge >= 0.3 is 0 Å². The molecule has 1 aliphatic carbocycles. The molecule has 1 saturated carbocycles. The highest BCUT2D eigenvalue weighted by Gasteiger charge is 2.32. The Hall–Kier alpha value is -18.3. The van der Waals surface area contributed by atoms with Crippen molar-refractivity contribution >= 4 is 173 Å². The lowest BCUT2D eigenvalue weighted by molar-refractivity contribution is -0.117. The topological polar surface area (TPSA) is 431 Å². The zero-order chi connectivity index (χ0) is 104. The van der Waals surface area contributed by atoms with Crippen LogP contribution in [-0.4, -0.2) is 131 Å². The summed E-state index contributed by atoms with van der Waals surface area (Å²) in [7, 11) is 1.95. The number of nitrogens with one attached hydrogen (secondary N) is 15. The number of para-hydroxylation sites is 6. The third-order valence-electron chi connectivity index (χ3n) is 25.2. The molecule has 33 nitrogen and oxygen atoms in total. The summed E-state index contributed by atoms with van der Waals surface area (Å²) in [6.07, 6.45) is 23.3. The van der Waals surface area contributed by atoms with E-state index in [2.05, 4.69) is 143 Å². The molecule has 0 bridgehead atoms. The smallest absolute Gasteiger partial charge is 0.257 e. The molecule has 0 spiro atoms. The highest BCUT2D eigenvalue weighted by atomic mass is 16.5. The predicted octanol–water partition coefficient (Wildman–Crippen LogP) is 22.3. The van der Waals surface area contributed by atoms with E-state index in [0.717, 1.165) is 118 Å². The molecule has 6 aliphatic heterocycles. The van der Waals surface area contributed by atoms with Crippen LogP contribution < -0.4 is 84.5 Å². The number of pyridine rings is 2. The summed E-state index contributed by atoms with van der Waals surface area (Å²) in [4.78, 5) is 121. The molecule has 15 aromatic rings. The Bertz CT molecular complexity index is 7570. The average molecular weight is 2000 g/mol. The first-order valence-electron chi connectivity index (χ1n) is 49.7. The number of fused-ring (bicyclic) bond motifs is 7. The first-order chi connectivity index (χ1) is 72.1. The van der Waals surface area contributed by atoms with Gasteiger partial charge < -0.3 is 88.9 Å². The van der Waals surface area contributed by atoms with Gasteiger partial charge in [-0.25, -0.2) is 14.6 Å². The van der Waals surface area contributed by atoms with Gasteiger partial charge in [0.2, 0.25) is 41.4 Å². The van der Waals surface area contributed by atoms with E-state index in [4.69, 9.17) is 14.3 Å². The van der Waals surface area contributed by atoms with Crippen molar-refractivity contribution in [1.82, 2.24) is 34.5 Å². The molecule has 5 aromatic heterocycles. The Labute approximate surface area is 862 Å². The second-order valence-corrected chi connectivity index (χ2v) is 37.6. The van der Waals surface area contributed by atoms with Crippen molar-refractivity contribution in [3.05, 3.63) is 313 Å². The lowest BCUT2D eigenvalue weighted by Crippen LogP contribution is -2.20. The van der Waals surface area contributed by atoms with Gasteiger partial charge in [0.1, 0.15) is 5.75 Å². The van der Waals surface area contributed by atoms with Crippen LogP contribution in [0.4, 0.5) is 85.3 Å². The maximum absolute atomic E-state index is 12.9. The van der Waals surface area contributed by atoms with Crippen molar-refractivity contribution in [2.24, 2.45) is 7.05 Å². The fourth-order valence-corrected chi connectivity index (χ4v) is 18.2. The molecule has 6 atom stereocenters. The van der Waals surface area contributed by atoms with Crippen LogP contribution >= 0.6 is 0 Å². The molecule has 10 aromatic carbocycles. The Morgan fingerprint density at radius 1 is 0.436 bits per heavy atom. The van der Waals surface area contributed by atoms with E-state index in [1.165, 1.54) is 37.3 Å². The second-order valence-electron chi connectivity index (χ2n) is 37.6. The van der Waals surface area contributed by atoms with E-state index in [9.17, 15) is 43.2 Å². The summed E-state index contributed by atoms with van der Waals surface area (Å²) in [6.45, 7) is 17.9. The SMILES string of the molecule is C/C(=C\c1cccc2c1N[C@H](C)CC(=O)N2)c1ccccc1.CC(=O)Nc1cccc(/C=C/c2cccc3c2N[C@H](C)CC(=O)N3)c1.CCOc1cccc(NC(=O)c2cccc3c2N[C@H](C)CC(=O)N3)c1.C[C@@H]1CC(=O)Nc2cccc(-c3cnc4c(c3)c(C3CC3)nn4C)c2N1.C[C@@H]1CC(=O)Nc2cccc(-c3cnn(-c4ccncc4)c3)c2N1.C[C@@H]1CC(=O)Nc2cccc(C(=O)Nc3cccc(-c4cnco4)c3)c2N1. The monoisotopic (exact) mass is 1990 g/mol. The van der Waals surface area contributed by atoms with Crippen molar-refractivity contribution in [2.45, 2.75) is 156 Å². The van der Waals surface area contributed by atoms with Gasteiger partial charge in [-0.05, 0) is 200 Å². The lowest BCUT2D eigenvalue weighted by atomic mass is 10.0. The Balaban J connectivity index is 0.000000122. The molecular weight excluding hydrogens is 1880 g/mol. The van der Waals surface area contributed by atoms with Gasteiger partial charge in [-0.2, -0.15) is 10.2 Å². The van der Waals surface area contributed by atoms with Gasteiger partial charge in [-0.15, -0.1) is 0 Å². The number of benzene rings is 10. The molecule has 149 heavy (non-hydrogen) atoms. The van der Waals surface area contributed by atoms with Crippen molar-refractivity contribution in [2.75, 3.05) is 86.4 Å². The molecule has 758 valence electrons. The van der Waals surface area contributed by atoms with E-state index in [0.29, 0.717) is 108 Å². The van der Waals surface area contributed by atoms with Crippen LogP contribution in [0.15, 0.2) is 279 Å². The van der Waals surface area contributed by atoms with E-state index in [1.54, 1.807) is 73.2 Å². The maximum atomic E-state index is 12.9. The largest absolute Gasteiger partial charge is 0.494 e. The number of carbonyl (C=O) groups is 9. The summed E-state index contributed by atoms with van der Waals surface area (Å²) in [5.41, 5.74) is 26.0. The number of allylic oxidation sites excluding steroid dienone is 1. The van der Waals surface area contributed by atoms with E-state index >= 15 is 0 Å². The molecule has 7 aliphatic rings. The minimum absolute atomic E-state index is 0.0166. The minimum Gasteiger partial charge on any atom is -0.494 e. The normalized spacial score (nSPS) is 17.1. The lowest BCUT2D eigenvalue weighted by Gasteiger charge is -2.16. The average Bonchev–Trinajstić information content (AvgIpc) is 1.61. The molecule has 22 rings (SSSR count). The van der Waals surface area contributed by atoms with Crippen molar-refractivity contribution in [3.8, 4) is 45.0 Å². The van der Waals surface area contributed by atoms with Gasteiger partial charge in [0.25, 0.3) is 11.8 Å². The molecule has 0 unspecified atom stereocenters. The third-order valence-corrected chi connectivity index (χ3v) is 25.2. The van der Waals surface area contributed by atoms with Gasteiger partial charge in [0.05, 0.1) is 110 Å². The maximum Gasteiger partial charge on any atom is 0.257 e. The zero-order valence-corrected chi connectivity index (χ0v) is 84.2. The molecule has 15 N–H and O–H groups in total. The van der Waals surface area contributed by atoms with E-state index < -0.39 is 0 Å². The first-order valence-corrected chi connectivity index (χ1v) is 49.7. The van der Waals surface area contributed by atoms with Crippen LogP contribution in [0, 0.1) is 0 Å². The number of carbonyl (C=O) groups excluding carboxylic acids is 9. The number of anilines is 15. The van der Waals surface area contributed by atoms with E-state index in [1.807, 2.05) is 241 Å². The Morgan fingerprint density at radius 2 is 0.893 bits per heavy atom. The standard InChI is InChI=1S/C20H21N5O.C20H18N4O3.C20H21N3O2.C19H21N3O3.C19H20N2O.C18H17N5O/c1-11-8-17(26)23-16-5-3-4-14(19(16)22-11)13-9-15-18(12-6-7-12)24-25(2)20(15)21-10-13;1-12-8-18(25)24-16-7-3-6-15(19(16)22-12)20(26)23-14-5-2-4-13(9-14)17-10-21-11-27-17;1-13-11-19(25)23-18-8-4-6-16(20(18)21-13)10-9-15-5-3-7-17(12-15)22-14(2)24;1-3-25-14-7-4-6-13(11-14)21-19(24)15-8-5-9-16-18(15)20-12(2)10-17(23)22-16;1-13(15-7-4-3-5-8-15)11-16-9-6-10-17-19(16)20-14(2)12-18(22)21-17;1-12-9-17(24)22-16-4-2-3-15(18(16)21-12)13-10-20-23(11-13)14-5-7-19-8-6-14/h3-5,9-12,22H,6-8H2,1-2H3,(H,23,26);2-7,9-12,22H,8H2,1H3,(H,23,26)(H,24,25);3-10,12-13,21H,11H2,1-2H3,(H,22,24)(H,23,25);4-9,11-12,20H,3,10H2,1-2H3,(H,21,24)(H,22,23);3-11,14,20H,12H2,1-2H3,(H,21,22);2-8,10-12,21H,9H2,1H3,(H,22,24)/b;;10-9+;;13-11+;/t11-;12-;13-;12-;14-;12-/m111111/s1. The summed E-state index contributed by atoms with van der Waals surface area (Å²) in [6, 6.07) is 72.9. The van der Waals surface area contributed by atoms with Crippen LogP contribution in [0.2, 0.25) is 0 Å². The second kappa shape index (κ2) is 47.0. The van der Waals surface area contributed by atoms with Gasteiger partial charge in [-0.3, -0.25) is 52.8 Å². The Morgan fingerprint density at radius 3 is 1.41 bits per heavy atom. The summed E-state index contributed by atoms with van der Waals surface area (Å²) in [5.74, 6) is 1.28. The van der Waals surface area contributed by atoms with Crippen LogP contribution in [0.25, 0.3) is 74.1 Å². The molecule has 0 saturated heterocycles. The number of amides is 9. The van der Waals surface area contributed by atoms with Crippen LogP contribution in [0.1, 0.15) is 168 Å². The van der Waals surface area contributed by atoms with Crippen LogP contribution in [0.3, 0.4) is 0 Å². The first kappa shape index (κ1) is 102. The number of aryl methyl sites for hydroxylation is 1. The van der Waals surface area contributed by atoms with Crippen molar-refractivity contribution < 1.29 is 52.3 Å². The molecule has 0 radical (unpaired) electrons. The summed E-state index contributed by atoms with van der Waals surface area (Å²) >= 11 is 0. The number of rotatable bonds is 16. The quantitative estimate of drug-likeness (QED) is 0.0400. The van der Waals surface area contributed by atoms with Crippen molar-refractivity contribution in [3.63, 3.8) is 0 Å². The van der Waals surface area contributed by atoms with Gasteiger partial charge in [0.15, 0.2) is 17.8 Å². The number of ether oxygens (including phenoxy) is 1. The van der Waals surface area contributed by atoms with E-state index in [-0.39, 0.29) is 89.4 Å². The van der Waals surface area contributed by atoms with Crippen LogP contribution in [0.5, 0.6) is 5.75 Å². The molecule has 11 heterocycles.